The molecule has 1 heterocycles. The van der Waals surface area contributed by atoms with Crippen LogP contribution >= 0.6 is 8.58 Å². The maximum Gasteiger partial charge on any atom is 0.321 e. The van der Waals surface area contributed by atoms with Crippen LogP contribution in [-0.2, 0) is 4.79 Å². The molecule has 0 amide bonds. The normalized spacial score (nSPS) is 31.2. The first-order valence-corrected chi connectivity index (χ1v) is 3.89. The molecule has 4 heteroatoms. The molecule has 0 saturated carbocycles. The molecule has 0 aromatic carbocycles. The molecule has 2 atom stereocenters. The zero-order chi connectivity index (χ0) is 5.98. The van der Waals surface area contributed by atoms with Gasteiger partial charge in [-0.3, -0.25) is 4.79 Å². The Morgan fingerprint density at radius 1 is 1.88 bits per heavy atom. The molecule has 1 fully saturated rings. The molecule has 1 saturated heterocycles. The van der Waals surface area contributed by atoms with Gasteiger partial charge in [0.15, 0.2) is 0 Å². The summed E-state index contributed by atoms with van der Waals surface area (Å²) in [5.41, 5.74) is 0. The minimum atomic E-state index is -0.713. The van der Waals surface area contributed by atoms with E-state index in [1.165, 1.54) is 0 Å². The molecule has 1 aliphatic heterocycles. The second-order valence-electron chi connectivity index (χ2n) is 1.73. The summed E-state index contributed by atoms with van der Waals surface area (Å²) in [5.74, 6) is -0.713. The van der Waals surface area contributed by atoms with Crippen molar-refractivity contribution in [1.29, 1.82) is 0 Å². The summed E-state index contributed by atoms with van der Waals surface area (Å²) < 4.78 is 0. The van der Waals surface area contributed by atoms with Crippen LogP contribution in [0.15, 0.2) is 0 Å². The summed E-state index contributed by atoms with van der Waals surface area (Å²) in [4.78, 5) is 10.1. The molecule has 46 valence electrons. The molecule has 1 rings (SSSR count). The minimum absolute atomic E-state index is 0.256. The summed E-state index contributed by atoms with van der Waals surface area (Å²) in [6.45, 7) is 0. The highest BCUT2D eigenvalue weighted by atomic mass is 31.1. The molecular formula is C4H8NO2P. The van der Waals surface area contributed by atoms with Gasteiger partial charge in [-0.05, 0) is 6.16 Å². The lowest BCUT2D eigenvalue weighted by atomic mass is 10.4. The molecular weight excluding hydrogens is 125 g/mol. The Morgan fingerprint density at radius 2 is 2.62 bits per heavy atom. The first-order valence-electron chi connectivity index (χ1n) is 2.47. The van der Waals surface area contributed by atoms with E-state index in [1.54, 1.807) is 0 Å². The first-order chi connectivity index (χ1) is 3.80. The Balaban J connectivity index is 2.35. The van der Waals surface area contributed by atoms with Gasteiger partial charge in [-0.25, -0.2) is 0 Å². The maximum atomic E-state index is 10.1. The van der Waals surface area contributed by atoms with Gasteiger partial charge in [-0.2, -0.15) is 0 Å². The summed E-state index contributed by atoms with van der Waals surface area (Å²) in [5, 5.41) is 11.2. The fourth-order valence-corrected chi connectivity index (χ4v) is 1.80. The van der Waals surface area contributed by atoms with E-state index in [2.05, 4.69) is 5.32 Å². The summed E-state index contributed by atoms with van der Waals surface area (Å²) >= 11 is 0. The van der Waals surface area contributed by atoms with Crippen LogP contribution in [-0.4, -0.2) is 29.6 Å². The Labute approximate surface area is 49.2 Å². The number of hydrogen-bond donors (Lipinski definition) is 2. The Morgan fingerprint density at radius 3 is 2.88 bits per heavy atom. The largest absolute Gasteiger partial charge is 0.480 e. The van der Waals surface area contributed by atoms with Crippen LogP contribution < -0.4 is 5.32 Å². The van der Waals surface area contributed by atoms with Crippen LogP contribution in [0.4, 0.5) is 0 Å². The number of hydrogen-bond acceptors (Lipinski definition) is 2. The van der Waals surface area contributed by atoms with E-state index < -0.39 is 5.97 Å². The molecule has 2 N–H and O–H groups in total. The van der Waals surface area contributed by atoms with Gasteiger partial charge in [-0.15, -0.1) is 8.58 Å². The molecule has 0 aliphatic carbocycles. The molecule has 0 radical (unpaired) electrons. The smallest absolute Gasteiger partial charge is 0.321 e. The lowest BCUT2D eigenvalue weighted by molar-refractivity contribution is -0.138. The van der Waals surface area contributed by atoms with Gasteiger partial charge in [0, 0.05) is 6.29 Å². The van der Waals surface area contributed by atoms with Crippen LogP contribution in [0.25, 0.3) is 0 Å². The van der Waals surface area contributed by atoms with E-state index >= 15 is 0 Å². The molecule has 0 bridgehead atoms. The average Bonchev–Trinajstić information content (AvgIpc) is 2.12. The van der Waals surface area contributed by atoms with E-state index in [0.717, 1.165) is 21.0 Å². The number of carbonyl (C=O) groups is 1. The topological polar surface area (TPSA) is 49.3 Å². The Hall–Kier alpha value is -0.140. The number of nitrogens with one attached hydrogen (secondary N) is 1. The van der Waals surface area contributed by atoms with Crippen molar-refractivity contribution in [3.63, 3.8) is 0 Å². The molecule has 1 aliphatic rings. The predicted octanol–water partition coefficient (Wildman–Crippen LogP) is -0.321. The Bertz CT molecular complexity index is 100. The van der Waals surface area contributed by atoms with E-state index in [1.807, 2.05) is 0 Å². The van der Waals surface area contributed by atoms with Crippen molar-refractivity contribution in [2.24, 2.45) is 0 Å². The van der Waals surface area contributed by atoms with Gasteiger partial charge < -0.3 is 10.4 Å². The zero-order valence-electron chi connectivity index (χ0n) is 4.35. The number of carboxylic acid groups (broad SMARTS) is 1. The third-order valence-electron chi connectivity index (χ3n) is 1.12. The van der Waals surface area contributed by atoms with Crippen molar-refractivity contribution in [1.82, 2.24) is 5.32 Å². The van der Waals surface area contributed by atoms with Gasteiger partial charge in [0.05, 0.1) is 0 Å². The SMILES string of the molecule is O=C(O)C1CPCN1. The van der Waals surface area contributed by atoms with Crippen LogP contribution in [0.3, 0.4) is 0 Å². The third kappa shape index (κ3) is 1.17. The van der Waals surface area contributed by atoms with Crippen molar-refractivity contribution in [2.75, 3.05) is 12.4 Å². The molecule has 2 unspecified atom stereocenters. The molecule has 0 aromatic rings. The predicted molar refractivity (Wildman–Crippen MR) is 32.6 cm³/mol. The maximum absolute atomic E-state index is 10.1. The van der Waals surface area contributed by atoms with Crippen LogP contribution in [0.5, 0.6) is 0 Å². The number of carboxylic acids is 1. The summed E-state index contributed by atoms with van der Waals surface area (Å²) in [6.07, 6.45) is 1.70. The van der Waals surface area contributed by atoms with Crippen molar-refractivity contribution < 1.29 is 9.90 Å². The van der Waals surface area contributed by atoms with Crippen molar-refractivity contribution >= 4 is 14.6 Å². The standard InChI is InChI=1S/C4H8NO2P/c6-4(7)3-1-8-2-5-3/h3,5,8H,1-2H2,(H,6,7). The van der Waals surface area contributed by atoms with E-state index in [4.69, 9.17) is 5.11 Å². The van der Waals surface area contributed by atoms with Crippen molar-refractivity contribution in [2.45, 2.75) is 6.04 Å². The van der Waals surface area contributed by atoms with Gasteiger partial charge in [0.2, 0.25) is 0 Å². The quantitative estimate of drug-likeness (QED) is 0.482. The minimum Gasteiger partial charge on any atom is -0.480 e. The van der Waals surface area contributed by atoms with Crippen LogP contribution in [0.1, 0.15) is 0 Å². The lowest BCUT2D eigenvalue weighted by Gasteiger charge is -1.99. The second kappa shape index (κ2) is 2.42. The van der Waals surface area contributed by atoms with Crippen molar-refractivity contribution in [3.05, 3.63) is 0 Å². The van der Waals surface area contributed by atoms with Gasteiger partial charge in [0.25, 0.3) is 0 Å². The molecule has 3 nitrogen and oxygen atoms in total. The Kier molecular flexibility index (Phi) is 1.81. The van der Waals surface area contributed by atoms with E-state index in [9.17, 15) is 4.79 Å². The summed E-state index contributed by atoms with van der Waals surface area (Å²) in [7, 11) is 0.790. The van der Waals surface area contributed by atoms with Gasteiger partial charge >= 0.3 is 5.97 Å². The molecule has 0 aromatic heterocycles. The van der Waals surface area contributed by atoms with Crippen LogP contribution in [0, 0.1) is 0 Å². The third-order valence-corrected chi connectivity index (χ3v) is 2.27. The van der Waals surface area contributed by atoms with E-state index in [-0.39, 0.29) is 6.04 Å². The second-order valence-corrected chi connectivity index (χ2v) is 2.99. The average molecular weight is 133 g/mol. The summed E-state index contributed by atoms with van der Waals surface area (Å²) in [6, 6.07) is -0.256. The zero-order valence-corrected chi connectivity index (χ0v) is 5.35. The van der Waals surface area contributed by atoms with Crippen molar-refractivity contribution in [3.8, 4) is 0 Å². The number of rotatable bonds is 1. The molecule has 8 heavy (non-hydrogen) atoms. The molecule has 0 spiro atoms. The number of aliphatic carboxylic acids is 1. The van der Waals surface area contributed by atoms with Crippen LogP contribution in [0.2, 0.25) is 0 Å². The lowest BCUT2D eigenvalue weighted by Crippen LogP contribution is -2.32. The van der Waals surface area contributed by atoms with Gasteiger partial charge in [0.1, 0.15) is 6.04 Å². The fourth-order valence-electron chi connectivity index (χ4n) is 0.659. The monoisotopic (exact) mass is 133 g/mol. The highest BCUT2D eigenvalue weighted by Crippen LogP contribution is 2.16. The fraction of sp³-hybridized carbons (Fsp3) is 0.750. The van der Waals surface area contributed by atoms with E-state index in [0.29, 0.717) is 0 Å². The first kappa shape index (κ1) is 5.99. The highest BCUT2D eigenvalue weighted by Gasteiger charge is 2.20. The van der Waals surface area contributed by atoms with Gasteiger partial charge in [-0.1, -0.05) is 0 Å². The highest BCUT2D eigenvalue weighted by molar-refractivity contribution is 7.38.